The molecule has 2 aliphatic heterocycles. The molecule has 0 saturated carbocycles. The molecular formula is C16H24N4O2. The number of carbonyl (C=O) groups is 1. The standard InChI is InChI=1S/C16H24N4O2/c1-12-4-5-15(18-17-12)20-8-2-3-13(11-20)16(22)19-9-6-14(21)7-10-19/h4-5,13-14,21H,2-3,6-11H2,1H3. The summed E-state index contributed by atoms with van der Waals surface area (Å²) in [5.74, 6) is 1.13. The van der Waals surface area contributed by atoms with Crippen molar-refractivity contribution in [1.29, 1.82) is 0 Å². The van der Waals surface area contributed by atoms with E-state index in [1.165, 1.54) is 0 Å². The van der Waals surface area contributed by atoms with E-state index in [0.717, 1.165) is 37.4 Å². The first kappa shape index (κ1) is 15.2. The van der Waals surface area contributed by atoms with Gasteiger partial charge >= 0.3 is 0 Å². The first-order valence-corrected chi connectivity index (χ1v) is 8.15. The SMILES string of the molecule is Cc1ccc(N2CCCC(C(=O)N3CCC(O)CC3)C2)nn1. The van der Waals surface area contributed by atoms with E-state index >= 15 is 0 Å². The van der Waals surface area contributed by atoms with Crippen molar-refractivity contribution in [2.24, 2.45) is 5.92 Å². The summed E-state index contributed by atoms with van der Waals surface area (Å²) in [5.41, 5.74) is 0.903. The molecule has 1 N–H and O–H groups in total. The van der Waals surface area contributed by atoms with E-state index in [-0.39, 0.29) is 17.9 Å². The maximum absolute atomic E-state index is 12.7. The van der Waals surface area contributed by atoms with Crippen molar-refractivity contribution >= 4 is 11.7 Å². The summed E-state index contributed by atoms with van der Waals surface area (Å²) in [6, 6.07) is 3.94. The van der Waals surface area contributed by atoms with E-state index in [2.05, 4.69) is 15.1 Å². The van der Waals surface area contributed by atoms with Crippen molar-refractivity contribution < 1.29 is 9.90 Å². The van der Waals surface area contributed by atoms with Gasteiger partial charge in [0.05, 0.1) is 17.7 Å². The van der Waals surface area contributed by atoms with Gasteiger partial charge in [-0.1, -0.05) is 0 Å². The molecule has 1 unspecified atom stereocenters. The molecule has 0 aromatic carbocycles. The second kappa shape index (κ2) is 6.60. The summed E-state index contributed by atoms with van der Waals surface area (Å²) in [7, 11) is 0. The average molecular weight is 304 g/mol. The van der Waals surface area contributed by atoms with Crippen LogP contribution < -0.4 is 4.90 Å². The van der Waals surface area contributed by atoms with Crippen LogP contribution in [0.3, 0.4) is 0 Å². The van der Waals surface area contributed by atoms with Gasteiger partial charge in [0, 0.05) is 26.2 Å². The largest absolute Gasteiger partial charge is 0.393 e. The lowest BCUT2D eigenvalue weighted by Gasteiger charge is -2.37. The Kier molecular flexibility index (Phi) is 4.57. The fourth-order valence-electron chi connectivity index (χ4n) is 3.29. The second-order valence-corrected chi connectivity index (χ2v) is 6.37. The van der Waals surface area contributed by atoms with Crippen LogP contribution in [0.5, 0.6) is 0 Å². The van der Waals surface area contributed by atoms with Crippen LogP contribution in [0.15, 0.2) is 12.1 Å². The highest BCUT2D eigenvalue weighted by Gasteiger charge is 2.31. The molecule has 3 heterocycles. The Morgan fingerprint density at radius 2 is 1.95 bits per heavy atom. The van der Waals surface area contributed by atoms with Crippen LogP contribution in [0.25, 0.3) is 0 Å². The predicted octanol–water partition coefficient (Wildman–Crippen LogP) is 0.985. The number of carbonyl (C=O) groups excluding carboxylic acids is 1. The molecule has 1 amide bonds. The quantitative estimate of drug-likeness (QED) is 0.882. The monoisotopic (exact) mass is 304 g/mol. The number of hydrogen-bond donors (Lipinski definition) is 1. The number of anilines is 1. The molecule has 2 saturated heterocycles. The minimum Gasteiger partial charge on any atom is -0.393 e. The third kappa shape index (κ3) is 3.38. The van der Waals surface area contributed by atoms with Crippen LogP contribution in [-0.2, 0) is 4.79 Å². The highest BCUT2D eigenvalue weighted by atomic mass is 16.3. The summed E-state index contributed by atoms with van der Waals surface area (Å²) in [4.78, 5) is 16.8. The number of aromatic nitrogens is 2. The lowest BCUT2D eigenvalue weighted by atomic mass is 9.95. The van der Waals surface area contributed by atoms with Crippen LogP contribution in [0.1, 0.15) is 31.4 Å². The topological polar surface area (TPSA) is 69.6 Å². The number of aliphatic hydroxyl groups excluding tert-OH is 1. The molecule has 3 rings (SSSR count). The molecule has 1 aromatic rings. The third-order valence-corrected chi connectivity index (χ3v) is 4.65. The van der Waals surface area contributed by atoms with Crippen LogP contribution in [0.2, 0.25) is 0 Å². The number of hydrogen-bond acceptors (Lipinski definition) is 5. The van der Waals surface area contributed by atoms with Crippen molar-refractivity contribution in [3.05, 3.63) is 17.8 Å². The van der Waals surface area contributed by atoms with Gasteiger partial charge in [-0.15, -0.1) is 5.10 Å². The first-order chi connectivity index (χ1) is 10.6. The highest BCUT2D eigenvalue weighted by molar-refractivity contribution is 5.79. The maximum atomic E-state index is 12.7. The molecule has 2 fully saturated rings. The van der Waals surface area contributed by atoms with Crippen molar-refractivity contribution in [1.82, 2.24) is 15.1 Å². The number of aryl methyl sites for hydroxylation is 1. The van der Waals surface area contributed by atoms with Gasteiger partial charge in [-0.25, -0.2) is 0 Å². The molecule has 22 heavy (non-hydrogen) atoms. The lowest BCUT2D eigenvalue weighted by molar-refractivity contribution is -0.137. The van der Waals surface area contributed by atoms with E-state index in [1.807, 2.05) is 24.0 Å². The number of aliphatic hydroxyl groups is 1. The van der Waals surface area contributed by atoms with Gasteiger partial charge in [0.2, 0.25) is 5.91 Å². The van der Waals surface area contributed by atoms with Crippen molar-refractivity contribution in [3.63, 3.8) is 0 Å². The molecule has 2 aliphatic rings. The van der Waals surface area contributed by atoms with Gasteiger partial charge in [-0.05, 0) is 44.7 Å². The zero-order valence-electron chi connectivity index (χ0n) is 13.1. The zero-order chi connectivity index (χ0) is 15.5. The van der Waals surface area contributed by atoms with Gasteiger partial charge in [0.1, 0.15) is 0 Å². The molecule has 6 nitrogen and oxygen atoms in total. The van der Waals surface area contributed by atoms with Crippen molar-refractivity contribution in [2.45, 2.75) is 38.7 Å². The molecule has 0 aliphatic carbocycles. The Hall–Kier alpha value is -1.69. The molecule has 120 valence electrons. The number of rotatable bonds is 2. The summed E-state index contributed by atoms with van der Waals surface area (Å²) in [6.07, 6.45) is 3.10. The van der Waals surface area contributed by atoms with E-state index in [9.17, 15) is 9.90 Å². The van der Waals surface area contributed by atoms with Crippen LogP contribution >= 0.6 is 0 Å². The number of amides is 1. The van der Waals surface area contributed by atoms with Crippen LogP contribution in [-0.4, -0.2) is 58.4 Å². The minimum absolute atomic E-state index is 0.0343. The summed E-state index contributed by atoms with van der Waals surface area (Å²) < 4.78 is 0. The fourth-order valence-corrected chi connectivity index (χ4v) is 3.29. The van der Waals surface area contributed by atoms with Crippen molar-refractivity contribution in [3.8, 4) is 0 Å². The van der Waals surface area contributed by atoms with Crippen LogP contribution in [0.4, 0.5) is 5.82 Å². The predicted molar refractivity (Wildman–Crippen MR) is 83.5 cm³/mol. The third-order valence-electron chi connectivity index (χ3n) is 4.65. The van der Waals surface area contributed by atoms with Gasteiger partial charge in [0.15, 0.2) is 5.82 Å². The van der Waals surface area contributed by atoms with Crippen molar-refractivity contribution in [2.75, 3.05) is 31.1 Å². The van der Waals surface area contributed by atoms with Crippen LogP contribution in [0, 0.1) is 12.8 Å². The number of piperidine rings is 2. The van der Waals surface area contributed by atoms with Gasteiger partial charge in [-0.3, -0.25) is 4.79 Å². The number of nitrogens with zero attached hydrogens (tertiary/aromatic N) is 4. The van der Waals surface area contributed by atoms with Gasteiger partial charge in [0.25, 0.3) is 0 Å². The molecular weight excluding hydrogens is 280 g/mol. The minimum atomic E-state index is -0.241. The average Bonchev–Trinajstić information content (AvgIpc) is 2.56. The van der Waals surface area contributed by atoms with E-state index in [4.69, 9.17) is 0 Å². The normalized spacial score (nSPS) is 23.6. The molecule has 0 bridgehead atoms. The molecule has 1 atom stereocenters. The number of likely N-dealkylation sites (tertiary alicyclic amines) is 1. The Morgan fingerprint density at radius 1 is 1.18 bits per heavy atom. The van der Waals surface area contributed by atoms with E-state index in [1.54, 1.807) is 0 Å². The van der Waals surface area contributed by atoms with Gasteiger partial charge < -0.3 is 14.9 Å². The summed E-state index contributed by atoms with van der Waals surface area (Å²) in [5, 5.41) is 17.9. The second-order valence-electron chi connectivity index (χ2n) is 6.37. The van der Waals surface area contributed by atoms with E-state index in [0.29, 0.717) is 25.9 Å². The fraction of sp³-hybridized carbons (Fsp3) is 0.688. The summed E-state index contributed by atoms with van der Waals surface area (Å²) >= 11 is 0. The molecule has 0 spiro atoms. The Balaban J connectivity index is 1.62. The summed E-state index contributed by atoms with van der Waals surface area (Å²) in [6.45, 7) is 4.93. The maximum Gasteiger partial charge on any atom is 0.227 e. The van der Waals surface area contributed by atoms with Gasteiger partial charge in [-0.2, -0.15) is 5.10 Å². The Bertz CT molecular complexity index is 511. The molecule has 6 heteroatoms. The smallest absolute Gasteiger partial charge is 0.227 e. The zero-order valence-corrected chi connectivity index (χ0v) is 13.1. The Morgan fingerprint density at radius 3 is 2.64 bits per heavy atom. The molecule has 0 radical (unpaired) electrons. The lowest BCUT2D eigenvalue weighted by Crippen LogP contribution is -2.48. The first-order valence-electron chi connectivity index (χ1n) is 8.15. The Labute approximate surface area is 131 Å². The molecule has 1 aromatic heterocycles. The van der Waals surface area contributed by atoms with E-state index < -0.39 is 0 Å². The highest BCUT2D eigenvalue weighted by Crippen LogP contribution is 2.24.